The van der Waals surface area contributed by atoms with Gasteiger partial charge in [0.15, 0.2) is 5.76 Å². The van der Waals surface area contributed by atoms with Crippen molar-refractivity contribution in [3.05, 3.63) is 53.7 Å². The van der Waals surface area contributed by atoms with Crippen molar-refractivity contribution in [3.8, 4) is 0 Å². The molecule has 1 aromatic carbocycles. The summed E-state index contributed by atoms with van der Waals surface area (Å²) in [5, 5.41) is 2.87. The zero-order valence-electron chi connectivity index (χ0n) is 15.9. The van der Waals surface area contributed by atoms with Gasteiger partial charge in [-0.25, -0.2) is 4.39 Å². The quantitative estimate of drug-likeness (QED) is 0.826. The minimum Gasteiger partial charge on any atom is -0.455 e. The normalized spacial score (nSPS) is 20.5. The number of para-hydroxylation sites is 1. The molecule has 7 heteroatoms. The second kappa shape index (κ2) is 8.75. The molecule has 6 nitrogen and oxygen atoms in total. The van der Waals surface area contributed by atoms with Gasteiger partial charge in [-0.3, -0.25) is 9.69 Å². The van der Waals surface area contributed by atoms with E-state index in [9.17, 15) is 9.18 Å². The summed E-state index contributed by atoms with van der Waals surface area (Å²) >= 11 is 0. The van der Waals surface area contributed by atoms with Crippen molar-refractivity contribution in [2.75, 3.05) is 44.2 Å². The number of carbonyl (C=O) groups excluding carboxylic acids is 1. The van der Waals surface area contributed by atoms with Crippen LogP contribution in [-0.4, -0.2) is 56.2 Å². The van der Waals surface area contributed by atoms with Crippen LogP contribution in [0.25, 0.3) is 0 Å². The Balaban J connectivity index is 1.25. The summed E-state index contributed by atoms with van der Waals surface area (Å²) < 4.78 is 25.2. The van der Waals surface area contributed by atoms with Crippen LogP contribution in [0.5, 0.6) is 0 Å². The lowest BCUT2D eigenvalue weighted by atomic mass is 10.2. The highest BCUT2D eigenvalue weighted by Crippen LogP contribution is 2.21. The zero-order chi connectivity index (χ0) is 19.3. The van der Waals surface area contributed by atoms with Crippen LogP contribution in [0.3, 0.4) is 0 Å². The first kappa shape index (κ1) is 19.0. The average Bonchev–Trinajstić information content (AvgIpc) is 3.39. The average molecular weight is 387 g/mol. The summed E-state index contributed by atoms with van der Waals surface area (Å²) in [7, 11) is 0. The molecule has 2 saturated heterocycles. The Morgan fingerprint density at radius 2 is 1.96 bits per heavy atom. The van der Waals surface area contributed by atoms with Crippen LogP contribution in [0.1, 0.15) is 29.2 Å². The number of furan rings is 1. The van der Waals surface area contributed by atoms with Gasteiger partial charge in [0.2, 0.25) is 0 Å². The second-order valence-electron chi connectivity index (χ2n) is 7.33. The molecule has 150 valence electrons. The summed E-state index contributed by atoms with van der Waals surface area (Å²) in [6.07, 6.45) is 2.15. The van der Waals surface area contributed by atoms with Gasteiger partial charge in [0, 0.05) is 39.3 Å². The largest absolute Gasteiger partial charge is 0.455 e. The van der Waals surface area contributed by atoms with Crippen molar-refractivity contribution in [2.24, 2.45) is 0 Å². The van der Waals surface area contributed by atoms with Gasteiger partial charge in [-0.2, -0.15) is 0 Å². The molecule has 4 rings (SSSR count). The van der Waals surface area contributed by atoms with Crippen LogP contribution in [0, 0.1) is 5.82 Å². The lowest BCUT2D eigenvalue weighted by Gasteiger charge is -2.35. The summed E-state index contributed by atoms with van der Waals surface area (Å²) in [4.78, 5) is 16.5. The molecule has 1 unspecified atom stereocenters. The maximum atomic E-state index is 13.9. The van der Waals surface area contributed by atoms with E-state index >= 15 is 0 Å². The fourth-order valence-corrected chi connectivity index (χ4v) is 3.76. The Morgan fingerprint density at radius 1 is 1.14 bits per heavy atom. The molecule has 0 spiro atoms. The lowest BCUT2D eigenvalue weighted by Crippen LogP contribution is -2.46. The predicted octanol–water partition coefficient (Wildman–Crippen LogP) is 2.65. The van der Waals surface area contributed by atoms with Gasteiger partial charge in [0.1, 0.15) is 11.6 Å². The van der Waals surface area contributed by atoms with Crippen LogP contribution in [0.15, 0.2) is 40.8 Å². The molecule has 1 N–H and O–H groups in total. The maximum Gasteiger partial charge on any atom is 0.287 e. The molecule has 2 aliphatic heterocycles. The number of carbonyl (C=O) groups is 1. The van der Waals surface area contributed by atoms with Gasteiger partial charge in [0.05, 0.1) is 18.3 Å². The number of nitrogens with zero attached hydrogens (tertiary/aromatic N) is 2. The van der Waals surface area contributed by atoms with E-state index in [1.165, 1.54) is 6.07 Å². The highest BCUT2D eigenvalue weighted by molar-refractivity contribution is 5.91. The van der Waals surface area contributed by atoms with E-state index < -0.39 is 0 Å². The number of anilines is 1. The molecule has 1 aromatic heterocycles. The number of piperazine rings is 1. The lowest BCUT2D eigenvalue weighted by molar-refractivity contribution is 0.0832. The van der Waals surface area contributed by atoms with Gasteiger partial charge in [0.25, 0.3) is 5.91 Å². The number of rotatable bonds is 6. The first-order chi connectivity index (χ1) is 13.7. The monoisotopic (exact) mass is 387 g/mol. The second-order valence-corrected chi connectivity index (χ2v) is 7.33. The van der Waals surface area contributed by atoms with E-state index in [-0.39, 0.29) is 17.8 Å². The van der Waals surface area contributed by atoms with E-state index in [1.807, 2.05) is 18.2 Å². The van der Waals surface area contributed by atoms with Crippen LogP contribution in [0.2, 0.25) is 0 Å². The Hall–Kier alpha value is -2.38. The molecule has 0 aliphatic carbocycles. The number of ether oxygens (including phenoxy) is 1. The van der Waals surface area contributed by atoms with Crippen molar-refractivity contribution in [2.45, 2.75) is 25.5 Å². The van der Waals surface area contributed by atoms with Crippen molar-refractivity contribution in [3.63, 3.8) is 0 Å². The SMILES string of the molecule is O=C(NCC1CCCO1)c1ccc(CN2CCN(c3ccccc3F)CC2)o1. The van der Waals surface area contributed by atoms with Gasteiger partial charge < -0.3 is 19.4 Å². The van der Waals surface area contributed by atoms with Crippen LogP contribution in [-0.2, 0) is 11.3 Å². The third-order valence-electron chi connectivity index (χ3n) is 5.34. The van der Waals surface area contributed by atoms with Crippen LogP contribution >= 0.6 is 0 Å². The van der Waals surface area contributed by atoms with Gasteiger partial charge >= 0.3 is 0 Å². The first-order valence-electron chi connectivity index (χ1n) is 9.89. The Kier molecular flexibility index (Phi) is 5.92. The highest BCUT2D eigenvalue weighted by atomic mass is 19.1. The van der Waals surface area contributed by atoms with E-state index in [2.05, 4.69) is 15.1 Å². The third kappa shape index (κ3) is 4.54. The highest BCUT2D eigenvalue weighted by Gasteiger charge is 2.21. The minimum absolute atomic E-state index is 0.115. The molecule has 0 saturated carbocycles. The zero-order valence-corrected chi connectivity index (χ0v) is 15.9. The van der Waals surface area contributed by atoms with Crippen molar-refractivity contribution in [1.29, 1.82) is 0 Å². The molecular formula is C21H26FN3O3. The third-order valence-corrected chi connectivity index (χ3v) is 5.34. The summed E-state index contributed by atoms with van der Waals surface area (Å²) in [6, 6.07) is 10.5. The minimum atomic E-state index is -0.203. The number of halogens is 1. The number of hydrogen-bond donors (Lipinski definition) is 1. The molecule has 0 radical (unpaired) electrons. The summed E-state index contributed by atoms with van der Waals surface area (Å²) in [6.45, 7) is 5.09. The van der Waals surface area contributed by atoms with Crippen molar-refractivity contribution < 1.29 is 18.3 Å². The standard InChI is InChI=1S/C21H26FN3O3/c22-18-5-1-2-6-19(18)25-11-9-24(10-12-25)15-17-7-8-20(28-17)21(26)23-14-16-4-3-13-27-16/h1-2,5-8,16H,3-4,9-15H2,(H,23,26). The van der Waals surface area contributed by atoms with E-state index in [0.717, 1.165) is 51.4 Å². The molecule has 2 aromatic rings. The maximum absolute atomic E-state index is 13.9. The van der Waals surface area contributed by atoms with Crippen LogP contribution < -0.4 is 10.2 Å². The Labute approximate surface area is 164 Å². The fourth-order valence-electron chi connectivity index (χ4n) is 3.76. The number of hydrogen-bond acceptors (Lipinski definition) is 5. The molecule has 1 amide bonds. The molecule has 1 atom stereocenters. The molecule has 2 aliphatic rings. The van der Waals surface area contributed by atoms with Gasteiger partial charge in [-0.1, -0.05) is 12.1 Å². The van der Waals surface area contributed by atoms with Gasteiger partial charge in [-0.15, -0.1) is 0 Å². The van der Waals surface area contributed by atoms with Crippen molar-refractivity contribution >= 4 is 11.6 Å². The molecule has 2 fully saturated rings. The Morgan fingerprint density at radius 3 is 2.71 bits per heavy atom. The predicted molar refractivity (Wildman–Crippen MR) is 104 cm³/mol. The van der Waals surface area contributed by atoms with E-state index in [1.54, 1.807) is 12.1 Å². The number of benzene rings is 1. The Bertz CT molecular complexity index is 796. The van der Waals surface area contributed by atoms with Gasteiger partial charge in [-0.05, 0) is 37.1 Å². The molecule has 28 heavy (non-hydrogen) atoms. The molecule has 0 bridgehead atoms. The molecule has 3 heterocycles. The first-order valence-corrected chi connectivity index (χ1v) is 9.89. The summed E-state index contributed by atoms with van der Waals surface area (Å²) in [5.41, 5.74) is 0.658. The smallest absolute Gasteiger partial charge is 0.287 e. The van der Waals surface area contributed by atoms with Crippen molar-refractivity contribution in [1.82, 2.24) is 10.2 Å². The van der Waals surface area contributed by atoms with E-state index in [0.29, 0.717) is 24.5 Å². The summed E-state index contributed by atoms with van der Waals surface area (Å²) in [5.74, 6) is 0.714. The fraction of sp³-hybridized carbons (Fsp3) is 0.476. The number of amides is 1. The molecular weight excluding hydrogens is 361 g/mol. The number of nitrogens with one attached hydrogen (secondary N) is 1. The van der Waals surface area contributed by atoms with Crippen LogP contribution in [0.4, 0.5) is 10.1 Å². The topological polar surface area (TPSA) is 58.0 Å². The van der Waals surface area contributed by atoms with E-state index in [4.69, 9.17) is 9.15 Å².